The minimum absolute atomic E-state index is 0.922. The molecule has 102 valence electrons. The highest BCUT2D eigenvalue weighted by atomic mass is 15.0. The molecule has 0 unspecified atom stereocenters. The number of hydrogen-bond acceptors (Lipinski definition) is 1. The summed E-state index contributed by atoms with van der Waals surface area (Å²) in [5, 5.41) is 0. The molecule has 2 heteroatoms. The van der Waals surface area contributed by atoms with Crippen LogP contribution < -0.4 is 0 Å². The molecule has 0 spiro atoms. The van der Waals surface area contributed by atoms with Crippen LogP contribution in [0.15, 0.2) is 67.1 Å². The first-order valence-electron chi connectivity index (χ1n) is 7.04. The van der Waals surface area contributed by atoms with Crippen LogP contribution in [-0.2, 0) is 6.54 Å². The van der Waals surface area contributed by atoms with Gasteiger partial charge in [0.15, 0.2) is 0 Å². The number of rotatable bonds is 2. The molecule has 0 bridgehead atoms. The van der Waals surface area contributed by atoms with Gasteiger partial charge < -0.3 is 4.57 Å². The molecule has 1 aromatic heterocycles. The molecule has 2 aromatic carbocycles. The third-order valence-electron chi connectivity index (χ3n) is 3.36. The van der Waals surface area contributed by atoms with E-state index in [-0.39, 0.29) is 0 Å². The average molecular weight is 272 g/mol. The summed E-state index contributed by atoms with van der Waals surface area (Å²) in [6.45, 7) is 3.04. The second kappa shape index (κ2) is 6.11. The van der Waals surface area contributed by atoms with E-state index in [0.29, 0.717) is 0 Å². The van der Waals surface area contributed by atoms with Crippen LogP contribution in [0, 0.1) is 11.8 Å². The second-order valence-corrected chi connectivity index (χ2v) is 4.76. The fourth-order valence-electron chi connectivity index (χ4n) is 2.20. The Morgan fingerprint density at radius 1 is 0.905 bits per heavy atom. The molecule has 21 heavy (non-hydrogen) atoms. The third-order valence-corrected chi connectivity index (χ3v) is 3.36. The minimum Gasteiger partial charge on any atom is -0.331 e. The topological polar surface area (TPSA) is 17.8 Å². The van der Waals surface area contributed by atoms with Crippen LogP contribution in [0.1, 0.15) is 18.1 Å². The molecule has 0 fully saturated rings. The van der Waals surface area contributed by atoms with Crippen LogP contribution >= 0.6 is 0 Å². The van der Waals surface area contributed by atoms with E-state index in [1.807, 2.05) is 42.9 Å². The van der Waals surface area contributed by atoms with Gasteiger partial charge in [-0.2, -0.15) is 0 Å². The van der Waals surface area contributed by atoms with E-state index in [4.69, 9.17) is 0 Å². The Morgan fingerprint density at radius 2 is 1.57 bits per heavy atom. The number of aryl methyl sites for hydroxylation is 1. The molecule has 0 saturated heterocycles. The summed E-state index contributed by atoms with van der Waals surface area (Å²) in [5.41, 5.74) is 4.36. The lowest BCUT2D eigenvalue weighted by atomic mass is 10.1. The Bertz CT molecular complexity index is 772. The quantitative estimate of drug-likeness (QED) is 0.645. The van der Waals surface area contributed by atoms with Crippen LogP contribution in [0.2, 0.25) is 0 Å². The van der Waals surface area contributed by atoms with E-state index >= 15 is 0 Å². The monoisotopic (exact) mass is 272 g/mol. The van der Waals surface area contributed by atoms with Crippen molar-refractivity contribution in [2.75, 3.05) is 0 Å². The summed E-state index contributed by atoms with van der Waals surface area (Å²) in [5.74, 6) is 6.36. The summed E-state index contributed by atoms with van der Waals surface area (Å²) in [6.07, 6.45) is 3.76. The number of hydrogen-bond donors (Lipinski definition) is 0. The van der Waals surface area contributed by atoms with Gasteiger partial charge in [-0.3, -0.25) is 0 Å². The van der Waals surface area contributed by atoms with Crippen LogP contribution in [-0.4, -0.2) is 9.55 Å². The summed E-state index contributed by atoms with van der Waals surface area (Å²) in [7, 11) is 0. The molecule has 0 amide bonds. The lowest BCUT2D eigenvalue weighted by Gasteiger charge is -2.04. The van der Waals surface area contributed by atoms with Gasteiger partial charge in [-0.05, 0) is 36.8 Å². The lowest BCUT2D eigenvalue weighted by molar-refractivity contribution is 0.769. The van der Waals surface area contributed by atoms with Gasteiger partial charge in [0.1, 0.15) is 0 Å². The highest BCUT2D eigenvalue weighted by Crippen LogP contribution is 2.19. The molecular formula is C19H16N2. The van der Waals surface area contributed by atoms with Crippen LogP contribution in [0.5, 0.6) is 0 Å². The van der Waals surface area contributed by atoms with E-state index in [9.17, 15) is 0 Å². The highest BCUT2D eigenvalue weighted by molar-refractivity contribution is 5.60. The van der Waals surface area contributed by atoms with Crippen LogP contribution in [0.25, 0.3) is 11.3 Å². The molecule has 1 heterocycles. The van der Waals surface area contributed by atoms with Crippen molar-refractivity contribution in [2.24, 2.45) is 0 Å². The number of benzene rings is 2. The van der Waals surface area contributed by atoms with Gasteiger partial charge in [0.25, 0.3) is 0 Å². The van der Waals surface area contributed by atoms with Crippen LogP contribution in [0.3, 0.4) is 0 Å². The van der Waals surface area contributed by atoms with Gasteiger partial charge in [0, 0.05) is 17.7 Å². The minimum atomic E-state index is 0.922. The standard InChI is InChI=1S/C19H16N2/c1-2-21-15-20-14-19(21)18-12-10-17(11-13-18)9-8-16-6-4-3-5-7-16/h3-7,10-15H,2H2,1H3. The zero-order valence-electron chi connectivity index (χ0n) is 12.0. The zero-order valence-corrected chi connectivity index (χ0v) is 12.0. The fourth-order valence-corrected chi connectivity index (χ4v) is 2.20. The Labute approximate surface area is 125 Å². The Kier molecular flexibility index (Phi) is 3.84. The number of aromatic nitrogens is 2. The molecule has 0 atom stereocenters. The normalized spacial score (nSPS) is 9.95. The van der Waals surface area contributed by atoms with Crippen molar-refractivity contribution in [3.8, 4) is 23.1 Å². The van der Waals surface area contributed by atoms with E-state index in [2.05, 4.69) is 52.6 Å². The molecule has 0 aliphatic rings. The Morgan fingerprint density at radius 3 is 2.24 bits per heavy atom. The maximum atomic E-state index is 4.20. The van der Waals surface area contributed by atoms with E-state index < -0.39 is 0 Å². The van der Waals surface area contributed by atoms with Crippen molar-refractivity contribution >= 4 is 0 Å². The molecule has 3 rings (SSSR count). The zero-order chi connectivity index (χ0) is 14.5. The maximum absolute atomic E-state index is 4.20. The van der Waals surface area contributed by atoms with Crippen molar-refractivity contribution in [3.05, 3.63) is 78.2 Å². The smallest absolute Gasteiger partial charge is 0.0950 e. The molecule has 0 saturated carbocycles. The largest absolute Gasteiger partial charge is 0.331 e. The first kappa shape index (κ1) is 13.2. The Balaban J connectivity index is 1.84. The van der Waals surface area contributed by atoms with Crippen molar-refractivity contribution in [1.29, 1.82) is 0 Å². The van der Waals surface area contributed by atoms with Crippen molar-refractivity contribution < 1.29 is 0 Å². The van der Waals surface area contributed by atoms with Gasteiger partial charge in [-0.15, -0.1) is 0 Å². The molecule has 2 nitrogen and oxygen atoms in total. The summed E-state index contributed by atoms with van der Waals surface area (Å²) in [6, 6.07) is 18.3. The Hall–Kier alpha value is -2.79. The maximum Gasteiger partial charge on any atom is 0.0950 e. The first-order chi connectivity index (χ1) is 10.4. The van der Waals surface area contributed by atoms with E-state index in [1.54, 1.807) is 0 Å². The first-order valence-corrected chi connectivity index (χ1v) is 7.04. The van der Waals surface area contributed by atoms with Gasteiger partial charge >= 0.3 is 0 Å². The van der Waals surface area contributed by atoms with Crippen molar-refractivity contribution in [1.82, 2.24) is 9.55 Å². The van der Waals surface area contributed by atoms with Gasteiger partial charge in [0.2, 0.25) is 0 Å². The molecule has 3 aromatic rings. The molecule has 0 N–H and O–H groups in total. The van der Waals surface area contributed by atoms with Gasteiger partial charge in [0.05, 0.1) is 18.2 Å². The molecular weight excluding hydrogens is 256 g/mol. The highest BCUT2D eigenvalue weighted by Gasteiger charge is 2.02. The molecule has 0 aliphatic carbocycles. The van der Waals surface area contributed by atoms with E-state index in [0.717, 1.165) is 23.4 Å². The number of imidazole rings is 1. The average Bonchev–Trinajstić information content (AvgIpc) is 3.03. The predicted molar refractivity (Wildman–Crippen MR) is 85.8 cm³/mol. The SMILES string of the molecule is CCn1cncc1-c1ccc(C#Cc2ccccc2)cc1. The number of nitrogens with zero attached hydrogens (tertiary/aromatic N) is 2. The molecule has 0 radical (unpaired) electrons. The van der Waals surface area contributed by atoms with Crippen molar-refractivity contribution in [2.45, 2.75) is 13.5 Å². The van der Waals surface area contributed by atoms with E-state index in [1.165, 1.54) is 5.56 Å². The molecule has 0 aliphatic heterocycles. The predicted octanol–water partition coefficient (Wildman–Crippen LogP) is 3.97. The van der Waals surface area contributed by atoms with Crippen LogP contribution in [0.4, 0.5) is 0 Å². The summed E-state index contributed by atoms with van der Waals surface area (Å²) in [4.78, 5) is 4.20. The summed E-state index contributed by atoms with van der Waals surface area (Å²) >= 11 is 0. The van der Waals surface area contributed by atoms with Gasteiger partial charge in [-0.25, -0.2) is 4.98 Å². The van der Waals surface area contributed by atoms with Crippen molar-refractivity contribution in [3.63, 3.8) is 0 Å². The summed E-state index contributed by atoms with van der Waals surface area (Å²) < 4.78 is 2.13. The third kappa shape index (κ3) is 3.04. The van der Waals surface area contributed by atoms with Gasteiger partial charge in [-0.1, -0.05) is 42.2 Å². The lowest BCUT2D eigenvalue weighted by Crippen LogP contribution is -1.94. The second-order valence-electron chi connectivity index (χ2n) is 4.76. The fraction of sp³-hybridized carbons (Fsp3) is 0.105.